The Balaban J connectivity index is 2.34. The molecule has 4 N–H and O–H groups in total. The first kappa shape index (κ1) is 13.9. The lowest BCUT2D eigenvalue weighted by Crippen LogP contribution is -2.54. The van der Waals surface area contributed by atoms with Crippen LogP contribution in [-0.2, 0) is 19.1 Å². The third-order valence-corrected chi connectivity index (χ3v) is 3.49. The zero-order valence-electron chi connectivity index (χ0n) is 9.85. The van der Waals surface area contributed by atoms with Gasteiger partial charge in [0.1, 0.15) is 29.8 Å². The molecule has 0 aromatic heterocycles. The number of ether oxygens (including phenoxy) is 2. The second-order valence-electron chi connectivity index (χ2n) is 4.69. The van der Waals surface area contributed by atoms with Gasteiger partial charge in [-0.3, -0.25) is 4.79 Å². The highest BCUT2D eigenvalue weighted by molar-refractivity contribution is 5.94. The third kappa shape index (κ3) is 2.02. The number of rotatable bonds is 4. The molecule has 106 valence electrons. The monoisotopic (exact) mass is 274 g/mol. The van der Waals surface area contributed by atoms with Crippen LogP contribution >= 0.6 is 0 Å². The third-order valence-electron chi connectivity index (χ3n) is 3.49. The molecular weight excluding hydrogens is 260 g/mol. The summed E-state index contributed by atoms with van der Waals surface area (Å²) in [6.45, 7) is 2.64. The predicted octanol–water partition coefficient (Wildman–Crippen LogP) is -1.78. The van der Waals surface area contributed by atoms with Crippen molar-refractivity contribution >= 4 is 11.9 Å². The van der Waals surface area contributed by atoms with Crippen molar-refractivity contribution in [3.8, 4) is 0 Å². The smallest absolute Gasteiger partial charge is 0.331 e. The largest absolute Gasteiger partial charge is 0.481 e. The molecule has 2 fully saturated rings. The zero-order valence-corrected chi connectivity index (χ0v) is 9.85. The molecule has 2 aliphatic heterocycles. The molecular formula is C11H14O8. The lowest BCUT2D eigenvalue weighted by atomic mass is 9.78. The number of aliphatic hydroxyl groups is 2. The fourth-order valence-corrected chi connectivity index (χ4v) is 2.57. The van der Waals surface area contributed by atoms with Gasteiger partial charge in [-0.2, -0.15) is 0 Å². The highest BCUT2D eigenvalue weighted by Crippen LogP contribution is 2.41. The Labute approximate surface area is 107 Å². The van der Waals surface area contributed by atoms with E-state index >= 15 is 0 Å². The maximum absolute atomic E-state index is 11.2. The van der Waals surface area contributed by atoms with E-state index < -0.39 is 53.9 Å². The van der Waals surface area contributed by atoms with Crippen molar-refractivity contribution in [2.24, 2.45) is 5.92 Å². The number of hydrogen-bond donors (Lipinski definition) is 4. The second-order valence-corrected chi connectivity index (χ2v) is 4.69. The van der Waals surface area contributed by atoms with Crippen molar-refractivity contribution in [3.05, 3.63) is 12.2 Å². The predicted molar refractivity (Wildman–Crippen MR) is 58.3 cm³/mol. The quantitative estimate of drug-likeness (QED) is 0.442. The molecule has 0 aromatic rings. The number of carboxylic acids is 2. The number of fused-ring (bicyclic) bond motifs is 1. The van der Waals surface area contributed by atoms with Crippen LogP contribution in [0.25, 0.3) is 0 Å². The van der Waals surface area contributed by atoms with Gasteiger partial charge in [-0.15, -0.1) is 0 Å². The molecule has 0 aromatic carbocycles. The summed E-state index contributed by atoms with van der Waals surface area (Å²) in [4.78, 5) is 22.1. The number of carboxylic acid groups (broad SMARTS) is 2. The molecule has 8 nitrogen and oxygen atoms in total. The minimum atomic E-state index is -2.07. The van der Waals surface area contributed by atoms with Gasteiger partial charge < -0.3 is 29.9 Å². The standard InChI is InChI=1S/C11H14O8/c1-4(9(13)14)6(10(15)16)11(17)3-19-7-5(12)2-18-8(7)11/h5-8,12,17H,1-3H2,(H,13,14)(H,15,16)/t5-,6?,7-,8+,11+/m1/s1. The van der Waals surface area contributed by atoms with Gasteiger partial charge in [0.15, 0.2) is 0 Å². The summed E-state index contributed by atoms with van der Waals surface area (Å²) >= 11 is 0. The fraction of sp³-hybridized carbons (Fsp3) is 0.636. The topological polar surface area (TPSA) is 134 Å². The molecule has 0 aliphatic carbocycles. The van der Waals surface area contributed by atoms with Crippen LogP contribution in [0.1, 0.15) is 0 Å². The summed E-state index contributed by atoms with van der Waals surface area (Å²) in [5, 5.41) is 38.0. The Morgan fingerprint density at radius 2 is 1.95 bits per heavy atom. The van der Waals surface area contributed by atoms with E-state index in [1.807, 2.05) is 0 Å². The van der Waals surface area contributed by atoms with E-state index in [-0.39, 0.29) is 6.61 Å². The number of hydrogen-bond acceptors (Lipinski definition) is 6. The van der Waals surface area contributed by atoms with Gasteiger partial charge in [0, 0.05) is 5.57 Å². The van der Waals surface area contributed by atoms with Crippen LogP contribution in [0.3, 0.4) is 0 Å². The van der Waals surface area contributed by atoms with Gasteiger partial charge in [0.2, 0.25) is 0 Å². The van der Waals surface area contributed by atoms with Crippen molar-refractivity contribution in [2.75, 3.05) is 13.2 Å². The van der Waals surface area contributed by atoms with Crippen molar-refractivity contribution < 1.29 is 39.5 Å². The van der Waals surface area contributed by atoms with Crippen LogP contribution in [-0.4, -0.2) is 69.5 Å². The van der Waals surface area contributed by atoms with Crippen LogP contribution in [0, 0.1) is 5.92 Å². The minimum Gasteiger partial charge on any atom is -0.481 e. The van der Waals surface area contributed by atoms with E-state index in [0.717, 1.165) is 0 Å². The Morgan fingerprint density at radius 1 is 1.32 bits per heavy atom. The lowest BCUT2D eigenvalue weighted by Gasteiger charge is -2.32. The SMILES string of the molecule is C=C(C(=O)O)C(C(=O)O)[C@@]1(O)CO[C@@H]2[C@H](O)CO[C@@H]21. The van der Waals surface area contributed by atoms with Gasteiger partial charge >= 0.3 is 11.9 Å². The van der Waals surface area contributed by atoms with E-state index in [4.69, 9.17) is 19.7 Å². The molecule has 8 heteroatoms. The summed E-state index contributed by atoms with van der Waals surface area (Å²) in [6, 6.07) is 0. The molecule has 2 aliphatic rings. The van der Waals surface area contributed by atoms with Gasteiger partial charge in [0.25, 0.3) is 0 Å². The van der Waals surface area contributed by atoms with Gasteiger partial charge in [0.05, 0.1) is 13.2 Å². The van der Waals surface area contributed by atoms with E-state index in [2.05, 4.69) is 6.58 Å². The van der Waals surface area contributed by atoms with Crippen LogP contribution in [0.5, 0.6) is 0 Å². The van der Waals surface area contributed by atoms with Crippen molar-refractivity contribution in [3.63, 3.8) is 0 Å². The minimum absolute atomic E-state index is 0.108. The van der Waals surface area contributed by atoms with Crippen LogP contribution in [0.15, 0.2) is 12.2 Å². The summed E-state index contributed by atoms with van der Waals surface area (Å²) < 4.78 is 10.3. The Hall–Kier alpha value is -1.48. The summed E-state index contributed by atoms with van der Waals surface area (Å²) in [5.41, 5.74) is -2.73. The Bertz CT molecular complexity index is 432. The highest BCUT2D eigenvalue weighted by atomic mass is 16.6. The van der Waals surface area contributed by atoms with Crippen molar-refractivity contribution in [1.29, 1.82) is 0 Å². The molecule has 19 heavy (non-hydrogen) atoms. The molecule has 0 bridgehead atoms. The van der Waals surface area contributed by atoms with E-state index in [0.29, 0.717) is 0 Å². The Kier molecular flexibility index (Phi) is 3.35. The maximum atomic E-state index is 11.2. The van der Waals surface area contributed by atoms with Crippen LogP contribution in [0.2, 0.25) is 0 Å². The normalized spacial score (nSPS) is 38.7. The second kappa shape index (κ2) is 4.57. The van der Waals surface area contributed by atoms with E-state index in [1.54, 1.807) is 0 Å². The number of aliphatic hydroxyl groups excluding tert-OH is 1. The van der Waals surface area contributed by atoms with Gasteiger partial charge in [-0.05, 0) is 0 Å². The Morgan fingerprint density at radius 3 is 2.47 bits per heavy atom. The van der Waals surface area contributed by atoms with Crippen LogP contribution in [0.4, 0.5) is 0 Å². The molecule has 5 atom stereocenters. The average Bonchev–Trinajstić information content (AvgIpc) is 2.82. The maximum Gasteiger partial charge on any atom is 0.331 e. The van der Waals surface area contributed by atoms with Crippen LogP contribution < -0.4 is 0 Å². The molecule has 2 saturated heterocycles. The number of carbonyl (C=O) groups is 2. The molecule has 0 spiro atoms. The van der Waals surface area contributed by atoms with E-state index in [1.165, 1.54) is 0 Å². The van der Waals surface area contributed by atoms with Crippen molar-refractivity contribution in [1.82, 2.24) is 0 Å². The van der Waals surface area contributed by atoms with E-state index in [9.17, 15) is 19.8 Å². The first-order valence-corrected chi connectivity index (χ1v) is 5.57. The van der Waals surface area contributed by atoms with Crippen molar-refractivity contribution in [2.45, 2.75) is 23.9 Å². The first-order chi connectivity index (χ1) is 8.79. The molecule has 0 saturated carbocycles. The highest BCUT2D eigenvalue weighted by Gasteiger charge is 2.62. The summed E-state index contributed by atoms with van der Waals surface area (Å²) in [7, 11) is 0. The lowest BCUT2D eigenvalue weighted by molar-refractivity contribution is -0.160. The summed E-state index contributed by atoms with van der Waals surface area (Å²) in [6.07, 6.45) is -2.94. The summed E-state index contributed by atoms with van der Waals surface area (Å²) in [5.74, 6) is -4.84. The molecule has 2 heterocycles. The zero-order chi connectivity index (χ0) is 14.4. The first-order valence-electron chi connectivity index (χ1n) is 5.57. The molecule has 0 radical (unpaired) electrons. The molecule has 1 unspecified atom stereocenters. The van der Waals surface area contributed by atoms with Gasteiger partial charge in [-0.25, -0.2) is 4.79 Å². The average molecular weight is 274 g/mol. The molecule has 2 rings (SSSR count). The number of aliphatic carboxylic acids is 2. The van der Waals surface area contributed by atoms with Gasteiger partial charge in [-0.1, -0.05) is 6.58 Å². The molecule has 0 amide bonds. The fourth-order valence-electron chi connectivity index (χ4n) is 2.57.